The fourth-order valence-corrected chi connectivity index (χ4v) is 2.98. The van der Waals surface area contributed by atoms with Crippen LogP contribution in [0.4, 0.5) is 0 Å². The van der Waals surface area contributed by atoms with E-state index in [4.69, 9.17) is 5.26 Å². The van der Waals surface area contributed by atoms with Crippen LogP contribution in [0.2, 0.25) is 0 Å². The summed E-state index contributed by atoms with van der Waals surface area (Å²) in [6.45, 7) is 3.65. The summed E-state index contributed by atoms with van der Waals surface area (Å²) in [6, 6.07) is 4.29. The molecule has 0 bridgehead atoms. The molecule has 1 N–H and O–H groups in total. The van der Waals surface area contributed by atoms with Crippen molar-refractivity contribution in [1.29, 1.82) is 10.5 Å². The molecule has 3 rings (SSSR count). The van der Waals surface area contributed by atoms with Crippen LogP contribution in [-0.4, -0.2) is 29.4 Å². The van der Waals surface area contributed by atoms with Crippen molar-refractivity contribution in [2.45, 2.75) is 25.3 Å². The lowest BCUT2D eigenvalue weighted by atomic mass is 9.96. The van der Waals surface area contributed by atoms with Gasteiger partial charge in [0.2, 0.25) is 0 Å². The molecule has 1 atom stereocenters. The Labute approximate surface area is 140 Å². The molecule has 0 saturated heterocycles. The molecule has 0 radical (unpaired) electrons. The van der Waals surface area contributed by atoms with Crippen molar-refractivity contribution in [2.24, 2.45) is 15.4 Å². The van der Waals surface area contributed by atoms with Crippen molar-refractivity contribution < 1.29 is 0 Å². The first-order chi connectivity index (χ1) is 11.7. The van der Waals surface area contributed by atoms with Crippen molar-refractivity contribution in [3.05, 3.63) is 35.8 Å². The SMILES string of the molecule is C=N/C(=C1/C=CN/C1=N/C)c1cnn(C(CC#N)C2(C#N)CC2)c1. The maximum Gasteiger partial charge on any atom is 0.134 e. The minimum absolute atomic E-state index is 0.242. The Kier molecular flexibility index (Phi) is 4.01. The van der Waals surface area contributed by atoms with Gasteiger partial charge >= 0.3 is 0 Å². The molecule has 1 fully saturated rings. The molecule has 1 aromatic rings. The predicted octanol–water partition coefficient (Wildman–Crippen LogP) is 2.20. The quantitative estimate of drug-likeness (QED) is 0.840. The van der Waals surface area contributed by atoms with Gasteiger partial charge in [-0.25, -0.2) is 0 Å². The normalized spacial score (nSPS) is 22.4. The van der Waals surface area contributed by atoms with Gasteiger partial charge in [-0.2, -0.15) is 15.6 Å². The largest absolute Gasteiger partial charge is 0.346 e. The number of nitrogens with one attached hydrogen (secondary N) is 1. The van der Waals surface area contributed by atoms with Gasteiger partial charge in [0.25, 0.3) is 0 Å². The molecule has 1 unspecified atom stereocenters. The topological polar surface area (TPSA) is 102 Å². The second-order valence-electron chi connectivity index (χ2n) is 5.83. The first-order valence-electron chi connectivity index (χ1n) is 7.63. The zero-order valence-electron chi connectivity index (χ0n) is 13.4. The van der Waals surface area contributed by atoms with E-state index in [1.807, 2.05) is 12.3 Å². The third-order valence-electron chi connectivity index (χ3n) is 4.49. The molecule has 1 saturated carbocycles. The molecule has 24 heavy (non-hydrogen) atoms. The van der Waals surface area contributed by atoms with Crippen molar-refractivity contribution in [3.63, 3.8) is 0 Å². The van der Waals surface area contributed by atoms with Crippen LogP contribution in [0, 0.1) is 28.1 Å². The molecule has 120 valence electrons. The van der Waals surface area contributed by atoms with E-state index in [0.29, 0.717) is 5.70 Å². The lowest BCUT2D eigenvalue weighted by Crippen LogP contribution is -2.19. The van der Waals surface area contributed by atoms with E-state index < -0.39 is 5.41 Å². The van der Waals surface area contributed by atoms with E-state index in [1.165, 1.54) is 0 Å². The second kappa shape index (κ2) is 6.13. The van der Waals surface area contributed by atoms with Crippen molar-refractivity contribution in [1.82, 2.24) is 15.1 Å². The Bertz CT molecular complexity index is 837. The summed E-state index contributed by atoms with van der Waals surface area (Å²) in [5.41, 5.74) is 1.82. The fraction of sp³-hybridized carbons (Fsp3) is 0.353. The molecule has 7 nitrogen and oxygen atoms in total. The molecule has 1 aliphatic carbocycles. The summed E-state index contributed by atoms with van der Waals surface area (Å²) in [7, 11) is 1.70. The number of nitriles is 2. The Hall–Kier alpha value is -3.19. The highest BCUT2D eigenvalue weighted by Crippen LogP contribution is 2.54. The molecule has 0 spiro atoms. The number of nitrogens with zero attached hydrogens (tertiary/aromatic N) is 6. The molecular formula is C17H17N7. The van der Waals surface area contributed by atoms with Gasteiger partial charge in [-0.15, -0.1) is 0 Å². The van der Waals surface area contributed by atoms with Gasteiger partial charge in [0.15, 0.2) is 0 Å². The molecule has 0 amide bonds. The van der Waals surface area contributed by atoms with E-state index in [2.05, 4.69) is 39.3 Å². The van der Waals surface area contributed by atoms with Crippen LogP contribution in [0.3, 0.4) is 0 Å². The van der Waals surface area contributed by atoms with Gasteiger partial charge in [-0.3, -0.25) is 14.7 Å². The Morgan fingerprint density at radius 3 is 2.92 bits per heavy atom. The van der Waals surface area contributed by atoms with Crippen LogP contribution in [0.25, 0.3) is 5.70 Å². The Balaban J connectivity index is 2.00. The number of amidine groups is 1. The molecule has 0 aromatic carbocycles. The van der Waals surface area contributed by atoms with Crippen LogP contribution in [0.5, 0.6) is 0 Å². The van der Waals surface area contributed by atoms with Gasteiger partial charge in [0.05, 0.1) is 41.9 Å². The summed E-state index contributed by atoms with van der Waals surface area (Å²) in [4.78, 5) is 8.31. The zero-order valence-corrected chi connectivity index (χ0v) is 13.4. The molecule has 2 heterocycles. The van der Waals surface area contributed by atoms with Crippen LogP contribution >= 0.6 is 0 Å². The van der Waals surface area contributed by atoms with Crippen molar-refractivity contribution in [2.75, 3.05) is 7.05 Å². The summed E-state index contributed by atoms with van der Waals surface area (Å²) in [5.74, 6) is 0.717. The van der Waals surface area contributed by atoms with Crippen LogP contribution in [0.15, 0.2) is 40.2 Å². The standard InChI is InChI=1S/C17H17N7/c1-20-15(13-4-8-22-16(13)21-2)12-9-23-24(10-12)14(3-7-18)17(11-19)5-6-17/h4,8-10,14H,1,3,5-6H2,2H3,(H,21,22)/b15-13-. The first-order valence-corrected chi connectivity index (χ1v) is 7.63. The third kappa shape index (κ3) is 2.50. The van der Waals surface area contributed by atoms with Crippen LogP contribution in [0.1, 0.15) is 30.9 Å². The van der Waals surface area contributed by atoms with E-state index in [0.717, 1.165) is 29.8 Å². The number of aliphatic imine (C=N–C) groups is 2. The summed E-state index contributed by atoms with van der Waals surface area (Å²) in [5, 5.41) is 26.0. The molecule has 7 heteroatoms. The minimum Gasteiger partial charge on any atom is -0.346 e. The van der Waals surface area contributed by atoms with Gasteiger partial charge in [-0.1, -0.05) is 0 Å². The predicted molar refractivity (Wildman–Crippen MR) is 90.9 cm³/mol. The number of hydrogen-bond acceptors (Lipinski definition) is 5. The molecule has 1 aliphatic heterocycles. The highest BCUT2D eigenvalue weighted by atomic mass is 15.3. The van der Waals surface area contributed by atoms with Crippen molar-refractivity contribution >= 4 is 18.3 Å². The van der Waals surface area contributed by atoms with Gasteiger partial charge < -0.3 is 5.32 Å². The second-order valence-corrected chi connectivity index (χ2v) is 5.83. The van der Waals surface area contributed by atoms with E-state index >= 15 is 0 Å². The number of hydrogen-bond donors (Lipinski definition) is 1. The number of aromatic nitrogens is 2. The highest BCUT2D eigenvalue weighted by molar-refractivity contribution is 6.09. The molecule has 2 aliphatic rings. The third-order valence-corrected chi connectivity index (χ3v) is 4.49. The summed E-state index contributed by atoms with van der Waals surface area (Å²) in [6.07, 6.45) is 9.06. The number of rotatable bonds is 5. The molecular weight excluding hydrogens is 302 g/mol. The van der Waals surface area contributed by atoms with E-state index in [-0.39, 0.29) is 12.5 Å². The minimum atomic E-state index is -0.473. The summed E-state index contributed by atoms with van der Waals surface area (Å²) < 4.78 is 1.72. The van der Waals surface area contributed by atoms with Crippen molar-refractivity contribution in [3.8, 4) is 12.1 Å². The van der Waals surface area contributed by atoms with Gasteiger partial charge in [-0.05, 0) is 25.6 Å². The Morgan fingerprint density at radius 2 is 2.33 bits per heavy atom. The van der Waals surface area contributed by atoms with Crippen LogP contribution in [-0.2, 0) is 0 Å². The van der Waals surface area contributed by atoms with Gasteiger partial charge in [0.1, 0.15) is 5.84 Å². The zero-order chi connectivity index (χ0) is 17.2. The highest BCUT2D eigenvalue weighted by Gasteiger charge is 2.51. The van der Waals surface area contributed by atoms with Gasteiger partial charge in [0, 0.05) is 30.6 Å². The van der Waals surface area contributed by atoms with E-state index in [9.17, 15) is 5.26 Å². The monoisotopic (exact) mass is 319 g/mol. The average Bonchev–Trinajstić information content (AvgIpc) is 3.02. The first kappa shape index (κ1) is 15.7. The lowest BCUT2D eigenvalue weighted by Gasteiger charge is -2.18. The fourth-order valence-electron chi connectivity index (χ4n) is 2.98. The van der Waals surface area contributed by atoms with E-state index in [1.54, 1.807) is 24.1 Å². The maximum absolute atomic E-state index is 9.44. The Morgan fingerprint density at radius 1 is 1.54 bits per heavy atom. The van der Waals surface area contributed by atoms with Crippen LogP contribution < -0.4 is 5.32 Å². The molecule has 1 aromatic heterocycles. The maximum atomic E-state index is 9.44. The smallest absolute Gasteiger partial charge is 0.134 e. The summed E-state index contributed by atoms with van der Waals surface area (Å²) >= 11 is 0. The lowest BCUT2D eigenvalue weighted by molar-refractivity contribution is 0.350. The average molecular weight is 319 g/mol.